The minimum absolute atomic E-state index is 0.0535. The minimum Gasteiger partial charge on any atom is -0.481 e. The molecule has 3 rings (SSSR count). The molecule has 2 aromatic carbocycles. The van der Waals surface area contributed by atoms with Crippen molar-refractivity contribution < 1.29 is 18.7 Å². The van der Waals surface area contributed by atoms with Crippen molar-refractivity contribution in [3.8, 4) is 17.2 Å². The van der Waals surface area contributed by atoms with Crippen molar-refractivity contribution in [2.75, 3.05) is 17.7 Å². The second-order valence-corrected chi connectivity index (χ2v) is 5.25. The Morgan fingerprint density at radius 2 is 2.10 bits per heavy atom. The number of hydrogen-bond acceptors (Lipinski definition) is 4. The number of nitrogen functional groups attached to an aromatic ring is 1. The highest BCUT2D eigenvalue weighted by Crippen LogP contribution is 2.40. The molecular weight excluding hydrogens is 343 g/mol. The molecular formula is C14H10BrFN2O3. The molecule has 0 unspecified atom stereocenters. The van der Waals surface area contributed by atoms with Crippen molar-refractivity contribution in [3.05, 3.63) is 40.6 Å². The number of hydrogen-bond donors (Lipinski definition) is 2. The summed E-state index contributed by atoms with van der Waals surface area (Å²) in [6.45, 7) is -0.0535. The van der Waals surface area contributed by atoms with Gasteiger partial charge in [-0.3, -0.25) is 4.79 Å². The van der Waals surface area contributed by atoms with Crippen LogP contribution in [0.1, 0.15) is 0 Å². The average Bonchev–Trinajstić information content (AvgIpc) is 2.44. The van der Waals surface area contributed by atoms with E-state index in [1.54, 1.807) is 12.1 Å². The molecule has 7 heteroatoms. The minimum atomic E-state index is -0.429. The van der Waals surface area contributed by atoms with Gasteiger partial charge in [0.1, 0.15) is 17.3 Å². The number of rotatable bonds is 2. The van der Waals surface area contributed by atoms with Crippen LogP contribution in [0.15, 0.2) is 34.8 Å². The molecule has 21 heavy (non-hydrogen) atoms. The first-order valence-corrected chi connectivity index (χ1v) is 6.81. The van der Waals surface area contributed by atoms with Crippen LogP contribution in [0.25, 0.3) is 0 Å². The van der Waals surface area contributed by atoms with Crippen LogP contribution >= 0.6 is 15.9 Å². The number of benzene rings is 2. The third kappa shape index (κ3) is 2.78. The summed E-state index contributed by atoms with van der Waals surface area (Å²) in [5, 5.41) is 2.65. The zero-order chi connectivity index (χ0) is 15.0. The van der Waals surface area contributed by atoms with E-state index in [0.29, 0.717) is 27.3 Å². The fraction of sp³-hybridized carbons (Fsp3) is 0.0714. The second kappa shape index (κ2) is 5.25. The van der Waals surface area contributed by atoms with E-state index >= 15 is 0 Å². The maximum atomic E-state index is 13.3. The predicted molar refractivity (Wildman–Crippen MR) is 79.2 cm³/mol. The maximum absolute atomic E-state index is 13.3. The van der Waals surface area contributed by atoms with Crippen molar-refractivity contribution in [1.29, 1.82) is 0 Å². The number of amides is 1. The van der Waals surface area contributed by atoms with Crippen LogP contribution in [0, 0.1) is 5.82 Å². The maximum Gasteiger partial charge on any atom is 0.262 e. The Balaban J connectivity index is 1.97. The highest BCUT2D eigenvalue weighted by molar-refractivity contribution is 9.10. The molecule has 0 aliphatic carbocycles. The Morgan fingerprint density at radius 1 is 1.29 bits per heavy atom. The van der Waals surface area contributed by atoms with Crippen LogP contribution in [-0.4, -0.2) is 12.5 Å². The molecule has 3 N–H and O–H groups in total. The Kier molecular flexibility index (Phi) is 3.42. The van der Waals surface area contributed by atoms with E-state index in [2.05, 4.69) is 21.2 Å². The molecule has 0 aromatic heterocycles. The summed E-state index contributed by atoms with van der Waals surface area (Å²) in [6.07, 6.45) is 0. The summed E-state index contributed by atoms with van der Waals surface area (Å²) >= 11 is 3.27. The lowest BCUT2D eigenvalue weighted by atomic mass is 10.2. The first-order chi connectivity index (χ1) is 10.0. The van der Waals surface area contributed by atoms with Gasteiger partial charge in [0.05, 0.1) is 15.8 Å². The SMILES string of the molecule is Nc1cc2c(cc1Oc1cc(F)ccc1Br)NC(=O)CO2. The highest BCUT2D eigenvalue weighted by Gasteiger charge is 2.19. The van der Waals surface area contributed by atoms with Gasteiger partial charge in [-0.05, 0) is 28.1 Å². The van der Waals surface area contributed by atoms with Gasteiger partial charge in [-0.2, -0.15) is 0 Å². The third-order valence-corrected chi connectivity index (χ3v) is 3.51. The number of ether oxygens (including phenoxy) is 2. The Labute approximate surface area is 128 Å². The molecule has 0 atom stereocenters. The average molecular weight is 353 g/mol. The van der Waals surface area contributed by atoms with Crippen molar-refractivity contribution in [2.24, 2.45) is 0 Å². The molecule has 1 heterocycles. The van der Waals surface area contributed by atoms with Crippen molar-refractivity contribution >= 4 is 33.2 Å². The molecule has 1 aliphatic heterocycles. The highest BCUT2D eigenvalue weighted by atomic mass is 79.9. The van der Waals surface area contributed by atoms with Gasteiger partial charge in [-0.15, -0.1) is 0 Å². The molecule has 0 radical (unpaired) electrons. The van der Waals surface area contributed by atoms with Gasteiger partial charge in [-0.1, -0.05) is 0 Å². The summed E-state index contributed by atoms with van der Waals surface area (Å²) in [5.74, 6) is 0.361. The largest absolute Gasteiger partial charge is 0.481 e. The standard InChI is InChI=1S/C14H10BrFN2O3/c15-8-2-1-7(16)3-11(8)21-12-5-10-13(4-9(12)17)20-6-14(19)18-10/h1-5H,6,17H2,(H,18,19). The first-order valence-electron chi connectivity index (χ1n) is 6.02. The third-order valence-electron chi connectivity index (χ3n) is 2.86. The lowest BCUT2D eigenvalue weighted by molar-refractivity contribution is -0.118. The van der Waals surface area contributed by atoms with E-state index < -0.39 is 5.82 Å². The second-order valence-electron chi connectivity index (χ2n) is 4.40. The normalized spacial score (nSPS) is 13.1. The summed E-state index contributed by atoms with van der Waals surface area (Å²) in [6, 6.07) is 7.17. The van der Waals surface area contributed by atoms with E-state index in [9.17, 15) is 9.18 Å². The van der Waals surface area contributed by atoms with E-state index in [0.717, 1.165) is 0 Å². The monoisotopic (exact) mass is 352 g/mol. The van der Waals surface area contributed by atoms with Gasteiger partial charge >= 0.3 is 0 Å². The van der Waals surface area contributed by atoms with Crippen molar-refractivity contribution in [1.82, 2.24) is 0 Å². The van der Waals surface area contributed by atoms with E-state index in [4.69, 9.17) is 15.2 Å². The molecule has 108 valence electrons. The Bertz CT molecular complexity index is 736. The van der Waals surface area contributed by atoms with E-state index in [1.807, 2.05) is 0 Å². The first kappa shape index (κ1) is 13.7. The molecule has 0 bridgehead atoms. The molecule has 0 fully saturated rings. The molecule has 5 nitrogen and oxygen atoms in total. The van der Waals surface area contributed by atoms with Gasteiger partial charge in [0.15, 0.2) is 12.4 Å². The fourth-order valence-electron chi connectivity index (χ4n) is 1.88. The van der Waals surface area contributed by atoms with Gasteiger partial charge in [-0.25, -0.2) is 4.39 Å². The summed E-state index contributed by atoms with van der Waals surface area (Å²) < 4.78 is 24.7. The molecule has 0 spiro atoms. The van der Waals surface area contributed by atoms with Crippen LogP contribution < -0.4 is 20.5 Å². The van der Waals surface area contributed by atoms with Crippen LogP contribution in [0.4, 0.5) is 15.8 Å². The zero-order valence-electron chi connectivity index (χ0n) is 10.7. The van der Waals surface area contributed by atoms with Crippen LogP contribution in [-0.2, 0) is 4.79 Å². The van der Waals surface area contributed by atoms with Gasteiger partial charge in [0.2, 0.25) is 0 Å². The van der Waals surface area contributed by atoms with E-state index in [-0.39, 0.29) is 18.3 Å². The predicted octanol–water partition coefficient (Wildman–Crippen LogP) is 3.29. The number of fused-ring (bicyclic) bond motifs is 1. The van der Waals surface area contributed by atoms with Gasteiger partial charge in [0.25, 0.3) is 5.91 Å². The summed E-state index contributed by atoms with van der Waals surface area (Å²) in [5.41, 5.74) is 6.67. The van der Waals surface area contributed by atoms with Crippen molar-refractivity contribution in [2.45, 2.75) is 0 Å². The molecule has 2 aromatic rings. The molecule has 0 saturated carbocycles. The Hall–Kier alpha value is -2.28. The summed E-state index contributed by atoms with van der Waals surface area (Å²) in [7, 11) is 0. The molecule has 0 saturated heterocycles. The number of carbonyl (C=O) groups excluding carboxylic acids is 1. The van der Waals surface area contributed by atoms with Gasteiger partial charge < -0.3 is 20.5 Å². The zero-order valence-corrected chi connectivity index (χ0v) is 12.2. The van der Waals surface area contributed by atoms with Crippen LogP contribution in [0.2, 0.25) is 0 Å². The number of carbonyl (C=O) groups is 1. The molecule has 1 aliphatic rings. The number of anilines is 2. The van der Waals surface area contributed by atoms with Crippen LogP contribution in [0.3, 0.4) is 0 Å². The lowest BCUT2D eigenvalue weighted by Crippen LogP contribution is -2.25. The topological polar surface area (TPSA) is 73.6 Å². The fourth-order valence-corrected chi connectivity index (χ4v) is 2.21. The van der Waals surface area contributed by atoms with E-state index in [1.165, 1.54) is 18.2 Å². The number of halogens is 2. The van der Waals surface area contributed by atoms with Crippen molar-refractivity contribution in [3.63, 3.8) is 0 Å². The number of nitrogens with one attached hydrogen (secondary N) is 1. The molecule has 1 amide bonds. The summed E-state index contributed by atoms with van der Waals surface area (Å²) in [4.78, 5) is 11.3. The van der Waals surface area contributed by atoms with Gasteiger partial charge in [0, 0.05) is 18.2 Å². The smallest absolute Gasteiger partial charge is 0.262 e. The quantitative estimate of drug-likeness (QED) is 0.813. The van der Waals surface area contributed by atoms with Crippen LogP contribution in [0.5, 0.6) is 17.2 Å². The Morgan fingerprint density at radius 3 is 2.90 bits per heavy atom. The lowest BCUT2D eigenvalue weighted by Gasteiger charge is -2.20. The number of nitrogens with two attached hydrogens (primary N) is 1.